The summed E-state index contributed by atoms with van der Waals surface area (Å²) in [5, 5.41) is 18.9. The fourth-order valence-electron chi connectivity index (χ4n) is 2.49. The van der Waals surface area contributed by atoms with Gasteiger partial charge in [-0.25, -0.2) is 0 Å². The van der Waals surface area contributed by atoms with Crippen LogP contribution in [0.5, 0.6) is 0 Å². The van der Waals surface area contributed by atoms with Crippen molar-refractivity contribution < 1.29 is 10.2 Å². The van der Waals surface area contributed by atoms with Crippen molar-refractivity contribution in [2.24, 2.45) is 5.73 Å². The number of nitrogens with two attached hydrogens (primary N) is 1. The molecule has 3 heteroatoms. The van der Waals surface area contributed by atoms with Crippen LogP contribution in [0.3, 0.4) is 0 Å². The molecule has 3 nitrogen and oxygen atoms in total. The van der Waals surface area contributed by atoms with Crippen LogP contribution in [0.1, 0.15) is 42.1 Å². The molecule has 0 saturated carbocycles. The molecule has 0 fully saturated rings. The number of rotatable bonds is 4. The summed E-state index contributed by atoms with van der Waals surface area (Å²) in [5.74, 6) is 0. The van der Waals surface area contributed by atoms with E-state index in [0.29, 0.717) is 6.42 Å². The van der Waals surface area contributed by atoms with E-state index in [1.165, 1.54) is 24.0 Å². The molecular formula is C14H21NO2. The number of aliphatic hydroxyl groups excluding tert-OH is 2. The maximum Gasteiger partial charge on any atom is 0.0941 e. The lowest BCUT2D eigenvalue weighted by Crippen LogP contribution is -2.29. The Hall–Kier alpha value is -0.900. The Morgan fingerprint density at radius 1 is 1.18 bits per heavy atom. The third-order valence-electron chi connectivity index (χ3n) is 3.58. The third kappa shape index (κ3) is 2.86. The van der Waals surface area contributed by atoms with Gasteiger partial charge in [0.05, 0.1) is 6.10 Å². The van der Waals surface area contributed by atoms with Gasteiger partial charge < -0.3 is 15.9 Å². The number of fused-ring (bicyclic) bond motifs is 1. The molecule has 1 aromatic carbocycles. The van der Waals surface area contributed by atoms with Gasteiger partial charge in [0.1, 0.15) is 0 Å². The van der Waals surface area contributed by atoms with E-state index in [0.717, 1.165) is 18.4 Å². The lowest BCUT2D eigenvalue weighted by atomic mass is 9.88. The minimum atomic E-state index is -0.672. The molecule has 4 N–H and O–H groups in total. The first-order chi connectivity index (χ1) is 8.22. The molecule has 1 aromatic rings. The van der Waals surface area contributed by atoms with Gasteiger partial charge in [-0.05, 0) is 48.8 Å². The number of aryl methyl sites for hydroxylation is 2. The molecule has 2 atom stereocenters. The molecule has 0 bridgehead atoms. The van der Waals surface area contributed by atoms with Crippen LogP contribution < -0.4 is 5.73 Å². The Labute approximate surface area is 102 Å². The van der Waals surface area contributed by atoms with E-state index in [4.69, 9.17) is 10.8 Å². The topological polar surface area (TPSA) is 66.5 Å². The zero-order valence-electron chi connectivity index (χ0n) is 10.1. The van der Waals surface area contributed by atoms with Gasteiger partial charge >= 0.3 is 0 Å². The Balaban J connectivity index is 2.15. The van der Waals surface area contributed by atoms with Crippen molar-refractivity contribution in [2.45, 2.75) is 44.2 Å². The van der Waals surface area contributed by atoms with Crippen LogP contribution in [0.25, 0.3) is 0 Å². The summed E-state index contributed by atoms with van der Waals surface area (Å²) in [4.78, 5) is 0. The second kappa shape index (κ2) is 5.63. The van der Waals surface area contributed by atoms with Gasteiger partial charge in [-0.1, -0.05) is 18.2 Å². The van der Waals surface area contributed by atoms with Gasteiger partial charge in [0.15, 0.2) is 0 Å². The summed E-state index contributed by atoms with van der Waals surface area (Å²) in [5.41, 5.74) is 9.46. The van der Waals surface area contributed by atoms with Crippen molar-refractivity contribution in [3.05, 3.63) is 34.9 Å². The second-order valence-electron chi connectivity index (χ2n) is 4.86. The first kappa shape index (κ1) is 12.6. The molecule has 0 saturated heterocycles. The highest BCUT2D eigenvalue weighted by molar-refractivity contribution is 5.35. The van der Waals surface area contributed by atoms with Crippen LogP contribution in [-0.4, -0.2) is 22.9 Å². The third-order valence-corrected chi connectivity index (χ3v) is 3.58. The molecule has 94 valence electrons. The van der Waals surface area contributed by atoms with E-state index in [-0.39, 0.29) is 12.6 Å². The van der Waals surface area contributed by atoms with E-state index in [2.05, 4.69) is 12.1 Å². The normalized spacial score (nSPS) is 18.5. The number of hydrogen-bond acceptors (Lipinski definition) is 3. The lowest BCUT2D eigenvalue weighted by Gasteiger charge is -2.22. The van der Waals surface area contributed by atoms with E-state index in [1.807, 2.05) is 6.07 Å². The van der Waals surface area contributed by atoms with Crippen LogP contribution >= 0.6 is 0 Å². The lowest BCUT2D eigenvalue weighted by molar-refractivity contribution is 0.129. The number of aliphatic hydroxyl groups is 2. The van der Waals surface area contributed by atoms with Gasteiger partial charge in [0.2, 0.25) is 0 Å². The Morgan fingerprint density at radius 3 is 2.59 bits per heavy atom. The fourth-order valence-corrected chi connectivity index (χ4v) is 2.49. The summed E-state index contributed by atoms with van der Waals surface area (Å²) in [6, 6.07) is 5.77. The van der Waals surface area contributed by atoms with Crippen LogP contribution in [0.4, 0.5) is 0 Å². The van der Waals surface area contributed by atoms with Crippen molar-refractivity contribution in [1.29, 1.82) is 0 Å². The van der Waals surface area contributed by atoms with E-state index < -0.39 is 6.10 Å². The summed E-state index contributed by atoms with van der Waals surface area (Å²) >= 11 is 0. The Kier molecular flexibility index (Phi) is 4.15. The van der Waals surface area contributed by atoms with E-state index in [1.54, 1.807) is 0 Å². The summed E-state index contributed by atoms with van der Waals surface area (Å²) in [6.45, 7) is 0.0170. The average Bonchev–Trinajstić information content (AvgIpc) is 2.37. The van der Waals surface area contributed by atoms with Crippen LogP contribution in [0, 0.1) is 0 Å². The minimum Gasteiger partial charge on any atom is -0.396 e. The molecular weight excluding hydrogens is 214 g/mol. The molecule has 0 radical (unpaired) electrons. The molecule has 1 aliphatic rings. The quantitative estimate of drug-likeness (QED) is 0.737. The van der Waals surface area contributed by atoms with Crippen molar-refractivity contribution in [3.63, 3.8) is 0 Å². The highest BCUT2D eigenvalue weighted by Gasteiger charge is 2.18. The van der Waals surface area contributed by atoms with Gasteiger partial charge in [-0.15, -0.1) is 0 Å². The molecule has 0 heterocycles. The average molecular weight is 235 g/mol. The molecule has 1 aliphatic carbocycles. The van der Waals surface area contributed by atoms with Crippen LogP contribution in [0.15, 0.2) is 18.2 Å². The summed E-state index contributed by atoms with van der Waals surface area (Å²) in [6.07, 6.45) is 4.50. The predicted octanol–water partition coefficient (Wildman–Crippen LogP) is 1.31. The molecule has 17 heavy (non-hydrogen) atoms. The van der Waals surface area contributed by atoms with Crippen molar-refractivity contribution >= 4 is 0 Å². The zero-order chi connectivity index (χ0) is 12.3. The second-order valence-corrected chi connectivity index (χ2v) is 4.86. The fraction of sp³-hybridized carbons (Fsp3) is 0.571. The zero-order valence-corrected chi connectivity index (χ0v) is 10.1. The van der Waals surface area contributed by atoms with Crippen LogP contribution in [-0.2, 0) is 12.8 Å². The van der Waals surface area contributed by atoms with Crippen molar-refractivity contribution in [1.82, 2.24) is 0 Å². The van der Waals surface area contributed by atoms with Crippen molar-refractivity contribution in [2.75, 3.05) is 6.61 Å². The summed E-state index contributed by atoms with van der Waals surface area (Å²) in [7, 11) is 0. The van der Waals surface area contributed by atoms with Crippen LogP contribution in [0.2, 0.25) is 0 Å². The van der Waals surface area contributed by atoms with E-state index in [9.17, 15) is 5.11 Å². The predicted molar refractivity (Wildman–Crippen MR) is 67.7 cm³/mol. The molecule has 2 rings (SSSR count). The molecule has 2 unspecified atom stereocenters. The van der Waals surface area contributed by atoms with E-state index >= 15 is 0 Å². The largest absolute Gasteiger partial charge is 0.396 e. The molecule has 0 spiro atoms. The Morgan fingerprint density at radius 2 is 1.88 bits per heavy atom. The molecule has 0 aliphatic heterocycles. The number of benzene rings is 1. The highest BCUT2D eigenvalue weighted by Crippen LogP contribution is 2.26. The Bertz CT molecular complexity index is 378. The SMILES string of the molecule is NC(CCO)C(O)c1ccc2c(c1)CCCC2. The maximum atomic E-state index is 10.1. The summed E-state index contributed by atoms with van der Waals surface area (Å²) < 4.78 is 0. The first-order valence-electron chi connectivity index (χ1n) is 6.38. The minimum absolute atomic E-state index is 0.0170. The number of hydrogen-bond donors (Lipinski definition) is 3. The molecule has 0 amide bonds. The maximum absolute atomic E-state index is 10.1. The van der Waals surface area contributed by atoms with Gasteiger partial charge in [-0.2, -0.15) is 0 Å². The first-order valence-corrected chi connectivity index (χ1v) is 6.38. The monoisotopic (exact) mass is 235 g/mol. The van der Waals surface area contributed by atoms with Gasteiger partial charge in [0.25, 0.3) is 0 Å². The van der Waals surface area contributed by atoms with Gasteiger partial charge in [0, 0.05) is 12.6 Å². The molecule has 0 aromatic heterocycles. The smallest absolute Gasteiger partial charge is 0.0941 e. The van der Waals surface area contributed by atoms with Gasteiger partial charge in [-0.3, -0.25) is 0 Å². The van der Waals surface area contributed by atoms with Crippen molar-refractivity contribution in [3.8, 4) is 0 Å². The standard InChI is InChI=1S/C14H21NO2/c15-13(7-8-16)14(17)12-6-5-10-3-1-2-4-11(10)9-12/h5-6,9,13-14,16-17H,1-4,7-8,15H2. The highest BCUT2D eigenvalue weighted by atomic mass is 16.3.